The maximum Gasteiger partial charge on any atom is 0.326 e. The highest BCUT2D eigenvalue weighted by molar-refractivity contribution is 7.10. The summed E-state index contributed by atoms with van der Waals surface area (Å²) in [7, 11) is 0. The van der Waals surface area contributed by atoms with Crippen molar-refractivity contribution in [2.24, 2.45) is 5.92 Å². The highest BCUT2D eigenvalue weighted by Gasteiger charge is 2.28. The molecule has 1 aromatic heterocycles. The second-order valence-electron chi connectivity index (χ2n) is 7.82. The first-order chi connectivity index (χ1) is 15.0. The van der Waals surface area contributed by atoms with Crippen LogP contribution in [-0.2, 0) is 20.7 Å². The molecule has 0 aliphatic carbocycles. The van der Waals surface area contributed by atoms with E-state index >= 15 is 0 Å². The molecule has 0 unspecified atom stereocenters. The summed E-state index contributed by atoms with van der Waals surface area (Å²) >= 11 is 1.60. The molecule has 0 atom stereocenters. The molecule has 0 spiro atoms. The van der Waals surface area contributed by atoms with Crippen molar-refractivity contribution in [3.05, 3.63) is 64.5 Å². The summed E-state index contributed by atoms with van der Waals surface area (Å²) in [5, 5.41) is 3.02. The van der Waals surface area contributed by atoms with Crippen LogP contribution in [0.4, 0.5) is 5.69 Å². The van der Waals surface area contributed by atoms with Crippen LogP contribution in [0.25, 0.3) is 11.3 Å². The first kappa shape index (κ1) is 21.1. The highest BCUT2D eigenvalue weighted by atomic mass is 32.1. The fraction of sp³-hybridized carbons (Fsp3) is 0.292. The zero-order valence-electron chi connectivity index (χ0n) is 17.5. The molecule has 1 aliphatic heterocycles. The molecule has 1 amide bonds. The number of carbonyl (C=O) groups excluding carboxylic acids is 2. The van der Waals surface area contributed by atoms with Crippen molar-refractivity contribution in [3.63, 3.8) is 0 Å². The smallest absolute Gasteiger partial charge is 0.326 e. The molecule has 2 heterocycles. The second-order valence-corrected chi connectivity index (χ2v) is 8.76. The summed E-state index contributed by atoms with van der Waals surface area (Å²) in [4.78, 5) is 30.9. The van der Waals surface area contributed by atoms with E-state index in [1.165, 1.54) is 10.5 Å². The Labute approximate surface area is 185 Å². The van der Waals surface area contributed by atoms with Crippen LogP contribution in [0.5, 0.6) is 5.75 Å². The van der Waals surface area contributed by atoms with Crippen molar-refractivity contribution in [2.75, 3.05) is 24.7 Å². The van der Waals surface area contributed by atoms with E-state index in [1.54, 1.807) is 11.3 Å². The minimum absolute atomic E-state index is 0.0955. The van der Waals surface area contributed by atoms with E-state index in [0.29, 0.717) is 18.0 Å². The number of fused-ring (bicyclic) bond motifs is 1. The average molecular weight is 437 g/mol. The minimum Gasteiger partial charge on any atom is -0.482 e. The van der Waals surface area contributed by atoms with Crippen LogP contribution in [0, 0.1) is 5.92 Å². The Balaban J connectivity index is 1.55. The second kappa shape index (κ2) is 9.31. The number of aromatic nitrogens is 1. The number of nitrogens with zero attached hydrogens (tertiary/aromatic N) is 2. The van der Waals surface area contributed by atoms with Crippen molar-refractivity contribution >= 4 is 28.9 Å². The average Bonchev–Trinajstić information content (AvgIpc) is 3.23. The summed E-state index contributed by atoms with van der Waals surface area (Å²) in [5.41, 5.74) is 3.47. The van der Waals surface area contributed by atoms with Crippen molar-refractivity contribution in [1.82, 2.24) is 4.98 Å². The van der Waals surface area contributed by atoms with Crippen LogP contribution in [0.3, 0.4) is 0 Å². The molecule has 0 saturated heterocycles. The minimum atomic E-state index is -0.431. The number of benzene rings is 2. The maximum absolute atomic E-state index is 12.5. The molecule has 1 aliphatic rings. The van der Waals surface area contributed by atoms with E-state index in [4.69, 9.17) is 14.5 Å². The van der Waals surface area contributed by atoms with Gasteiger partial charge in [-0.05, 0) is 29.7 Å². The Morgan fingerprint density at radius 3 is 2.81 bits per heavy atom. The standard InChI is InChI=1S/C24H24N2O4S/c1-16(2)13-30-24(28)12-26-20-11-18(8-9-21(20)29-14-23(26)27)19-15-31-22(25-19)10-17-6-4-3-5-7-17/h3-9,11,15-16H,10,12-14H2,1-2H3. The van der Waals surface area contributed by atoms with E-state index in [1.807, 2.05) is 55.6 Å². The van der Waals surface area contributed by atoms with E-state index in [9.17, 15) is 9.59 Å². The van der Waals surface area contributed by atoms with E-state index in [-0.39, 0.29) is 25.0 Å². The first-order valence-electron chi connectivity index (χ1n) is 10.2. The first-order valence-corrected chi connectivity index (χ1v) is 11.1. The molecule has 2 aromatic carbocycles. The summed E-state index contributed by atoms with van der Waals surface area (Å²) in [6, 6.07) is 15.8. The zero-order chi connectivity index (χ0) is 21.8. The van der Waals surface area contributed by atoms with Gasteiger partial charge < -0.3 is 9.47 Å². The molecule has 7 heteroatoms. The van der Waals surface area contributed by atoms with Gasteiger partial charge in [-0.3, -0.25) is 14.5 Å². The van der Waals surface area contributed by atoms with E-state index in [2.05, 4.69) is 12.1 Å². The number of rotatable bonds is 7. The number of hydrogen-bond acceptors (Lipinski definition) is 6. The number of anilines is 1. The van der Waals surface area contributed by atoms with Gasteiger partial charge in [-0.1, -0.05) is 44.2 Å². The maximum atomic E-state index is 12.5. The fourth-order valence-corrected chi connectivity index (χ4v) is 4.10. The molecular formula is C24H24N2O4S. The monoisotopic (exact) mass is 436 g/mol. The number of ether oxygens (including phenoxy) is 2. The predicted octanol–water partition coefficient (Wildman–Crippen LogP) is 4.33. The lowest BCUT2D eigenvalue weighted by molar-refractivity contribution is -0.144. The van der Waals surface area contributed by atoms with Gasteiger partial charge in [0.2, 0.25) is 0 Å². The molecule has 160 valence electrons. The SMILES string of the molecule is CC(C)COC(=O)CN1C(=O)COc2ccc(-c3csc(Cc4ccccc4)n3)cc21. The summed E-state index contributed by atoms with van der Waals surface area (Å²) in [6.07, 6.45) is 0.770. The Hall–Kier alpha value is -3.19. The van der Waals surface area contributed by atoms with Crippen LogP contribution in [0.2, 0.25) is 0 Å². The molecule has 4 rings (SSSR count). The normalized spacial score (nSPS) is 13.1. The van der Waals surface area contributed by atoms with Crippen molar-refractivity contribution < 1.29 is 19.1 Å². The third-order valence-corrected chi connectivity index (χ3v) is 5.66. The molecule has 3 aromatic rings. The van der Waals surface area contributed by atoms with E-state index < -0.39 is 5.97 Å². The summed E-state index contributed by atoms with van der Waals surface area (Å²) in [6.45, 7) is 4.03. The molecule has 31 heavy (non-hydrogen) atoms. The third kappa shape index (κ3) is 5.11. The van der Waals surface area contributed by atoms with Crippen LogP contribution in [-0.4, -0.2) is 36.6 Å². The molecule has 0 saturated carbocycles. The van der Waals surface area contributed by atoms with Gasteiger partial charge in [0, 0.05) is 17.4 Å². The molecule has 0 N–H and O–H groups in total. The Kier molecular flexibility index (Phi) is 6.32. The summed E-state index contributed by atoms with van der Waals surface area (Å²) in [5.74, 6) is 0.103. The fourth-order valence-electron chi connectivity index (χ4n) is 3.26. The number of carbonyl (C=O) groups is 2. The molecule has 0 radical (unpaired) electrons. The lowest BCUT2D eigenvalue weighted by Crippen LogP contribution is -2.42. The predicted molar refractivity (Wildman–Crippen MR) is 120 cm³/mol. The van der Waals surface area contributed by atoms with E-state index in [0.717, 1.165) is 22.7 Å². The zero-order valence-corrected chi connectivity index (χ0v) is 18.4. The molecule has 6 nitrogen and oxygen atoms in total. The number of thiazole rings is 1. The van der Waals surface area contributed by atoms with Crippen LogP contribution in [0.15, 0.2) is 53.9 Å². The topological polar surface area (TPSA) is 68.7 Å². The van der Waals surface area contributed by atoms with Gasteiger partial charge >= 0.3 is 5.97 Å². The van der Waals surface area contributed by atoms with Crippen molar-refractivity contribution in [1.29, 1.82) is 0 Å². The van der Waals surface area contributed by atoms with Crippen LogP contribution in [0.1, 0.15) is 24.4 Å². The number of amides is 1. The lowest BCUT2D eigenvalue weighted by atomic mass is 10.1. The van der Waals surface area contributed by atoms with Gasteiger partial charge in [-0.2, -0.15) is 0 Å². The van der Waals surface area contributed by atoms with Gasteiger partial charge in [0.15, 0.2) is 6.61 Å². The van der Waals surface area contributed by atoms with Gasteiger partial charge in [-0.15, -0.1) is 11.3 Å². The van der Waals surface area contributed by atoms with Gasteiger partial charge in [-0.25, -0.2) is 4.98 Å². The van der Waals surface area contributed by atoms with Gasteiger partial charge in [0.25, 0.3) is 5.91 Å². The quantitative estimate of drug-likeness (QED) is 0.516. The van der Waals surface area contributed by atoms with Crippen LogP contribution >= 0.6 is 11.3 Å². The number of hydrogen-bond donors (Lipinski definition) is 0. The van der Waals surface area contributed by atoms with Crippen molar-refractivity contribution in [3.8, 4) is 17.0 Å². The van der Waals surface area contributed by atoms with Crippen molar-refractivity contribution in [2.45, 2.75) is 20.3 Å². The highest BCUT2D eigenvalue weighted by Crippen LogP contribution is 2.36. The number of esters is 1. The van der Waals surface area contributed by atoms with Gasteiger partial charge in [0.1, 0.15) is 12.3 Å². The Morgan fingerprint density at radius 2 is 2.03 bits per heavy atom. The largest absolute Gasteiger partial charge is 0.482 e. The molecule has 0 fully saturated rings. The molecule has 0 bridgehead atoms. The lowest BCUT2D eigenvalue weighted by Gasteiger charge is -2.29. The Bertz CT molecular complexity index is 1080. The third-order valence-electron chi connectivity index (χ3n) is 4.81. The van der Waals surface area contributed by atoms with Gasteiger partial charge in [0.05, 0.1) is 23.0 Å². The Morgan fingerprint density at radius 1 is 1.23 bits per heavy atom. The molecular weight excluding hydrogens is 412 g/mol. The van der Waals surface area contributed by atoms with Crippen LogP contribution < -0.4 is 9.64 Å². The summed E-state index contributed by atoms with van der Waals surface area (Å²) < 4.78 is 10.8.